The third-order valence-corrected chi connectivity index (χ3v) is 5.98. The summed E-state index contributed by atoms with van der Waals surface area (Å²) in [7, 11) is 0. The molecule has 0 saturated heterocycles. The van der Waals surface area contributed by atoms with Crippen molar-refractivity contribution < 1.29 is 27.2 Å². The van der Waals surface area contributed by atoms with Gasteiger partial charge in [-0.25, -0.2) is 0 Å². The molecule has 4 rings (SSSR count). The van der Waals surface area contributed by atoms with Crippen LogP contribution in [0.5, 0.6) is 0 Å². The fraction of sp³-hybridized carbons (Fsp3) is 0.160. The van der Waals surface area contributed by atoms with Gasteiger partial charge in [0, 0.05) is 29.7 Å². The molecular weight excluding hydrogens is 479 g/mol. The summed E-state index contributed by atoms with van der Waals surface area (Å²) in [6, 6.07) is 14.8. The van der Waals surface area contributed by atoms with Crippen LogP contribution in [-0.4, -0.2) is 16.4 Å². The Kier molecular flexibility index (Phi) is 7.02. The summed E-state index contributed by atoms with van der Waals surface area (Å²) in [5, 5.41) is 2.64. The summed E-state index contributed by atoms with van der Waals surface area (Å²) in [6.45, 7) is 2.32. The number of amides is 2. The van der Waals surface area contributed by atoms with Crippen LogP contribution in [0.25, 0.3) is 0 Å². The van der Waals surface area contributed by atoms with Gasteiger partial charge in [-0.15, -0.1) is 11.3 Å². The zero-order valence-electron chi connectivity index (χ0n) is 18.5. The van der Waals surface area contributed by atoms with Gasteiger partial charge in [0.05, 0.1) is 11.8 Å². The Morgan fingerprint density at radius 1 is 1.06 bits per heavy atom. The highest BCUT2D eigenvalue weighted by atomic mass is 32.1. The van der Waals surface area contributed by atoms with E-state index >= 15 is 0 Å². The third-order valence-electron chi connectivity index (χ3n) is 5.04. The number of halogens is 3. The van der Waals surface area contributed by atoms with E-state index in [2.05, 4.69) is 10.3 Å². The largest absolute Gasteiger partial charge is 0.459 e. The van der Waals surface area contributed by atoms with Crippen LogP contribution in [0.15, 0.2) is 82.5 Å². The molecular formula is C25H20F3N3O3S. The molecule has 180 valence electrons. The number of carbonyl (C=O) groups is 2. The monoisotopic (exact) mass is 499 g/mol. The lowest BCUT2D eigenvalue weighted by Gasteiger charge is -2.10. The molecule has 0 aliphatic carbocycles. The van der Waals surface area contributed by atoms with Gasteiger partial charge in [0.15, 0.2) is 10.6 Å². The highest BCUT2D eigenvalue weighted by Gasteiger charge is 2.30. The molecule has 2 aromatic heterocycles. The minimum Gasteiger partial charge on any atom is -0.459 e. The minimum atomic E-state index is -4.44. The van der Waals surface area contributed by atoms with Crippen LogP contribution in [0.3, 0.4) is 0 Å². The quantitative estimate of drug-likeness (QED) is 0.397. The van der Waals surface area contributed by atoms with E-state index in [9.17, 15) is 22.8 Å². The molecule has 0 aliphatic heterocycles. The van der Waals surface area contributed by atoms with Crippen LogP contribution in [0, 0.1) is 6.92 Å². The summed E-state index contributed by atoms with van der Waals surface area (Å²) in [4.78, 5) is 30.4. The maximum absolute atomic E-state index is 12.9. The van der Waals surface area contributed by atoms with Gasteiger partial charge in [-0.3, -0.25) is 9.59 Å². The van der Waals surface area contributed by atoms with Gasteiger partial charge >= 0.3 is 12.1 Å². The van der Waals surface area contributed by atoms with Crippen LogP contribution in [-0.2, 0) is 19.3 Å². The first-order valence-corrected chi connectivity index (χ1v) is 11.3. The molecule has 4 aromatic rings. The zero-order valence-corrected chi connectivity index (χ0v) is 19.3. The molecule has 0 unspecified atom stereocenters. The Labute approximate surface area is 202 Å². The number of nitrogens with one attached hydrogen (secondary N) is 1. The molecule has 0 fully saturated rings. The van der Waals surface area contributed by atoms with Crippen LogP contribution >= 0.6 is 11.3 Å². The molecule has 0 aliphatic rings. The molecule has 2 aromatic carbocycles. The number of thiazole rings is 1. The van der Waals surface area contributed by atoms with E-state index < -0.39 is 23.6 Å². The number of aryl methyl sites for hydroxylation is 1. The van der Waals surface area contributed by atoms with E-state index in [1.807, 2.05) is 17.7 Å². The second kappa shape index (κ2) is 10.1. The molecule has 35 heavy (non-hydrogen) atoms. The van der Waals surface area contributed by atoms with E-state index in [4.69, 9.17) is 4.42 Å². The second-order valence-electron chi connectivity index (χ2n) is 7.72. The highest BCUT2D eigenvalue weighted by Crippen LogP contribution is 2.29. The predicted molar refractivity (Wildman–Crippen MR) is 124 cm³/mol. The fourth-order valence-corrected chi connectivity index (χ4v) is 4.18. The number of rotatable bonds is 6. The van der Waals surface area contributed by atoms with E-state index in [1.165, 1.54) is 29.7 Å². The standard InChI is InChI=1S/C25H20F3N3O3S/c1-16-14-31(24(35-16)30-23(33)21-6-3-11-34-21)15-17-7-9-19(10-8-17)22(32)29-13-18-4-2-5-20(12-18)25(26,27)28/h2-12,14H,13,15H2,1H3,(H,29,32). The number of carbonyl (C=O) groups excluding carboxylic acids is 2. The summed E-state index contributed by atoms with van der Waals surface area (Å²) in [6.07, 6.45) is -1.14. The van der Waals surface area contributed by atoms with Gasteiger partial charge in [-0.05, 0) is 54.4 Å². The van der Waals surface area contributed by atoms with Crippen molar-refractivity contribution in [2.24, 2.45) is 4.99 Å². The molecule has 0 saturated carbocycles. The summed E-state index contributed by atoms with van der Waals surface area (Å²) in [5.41, 5.74) is 0.857. The van der Waals surface area contributed by atoms with Crippen molar-refractivity contribution in [1.82, 2.24) is 9.88 Å². The van der Waals surface area contributed by atoms with Gasteiger partial charge in [0.25, 0.3) is 5.91 Å². The SMILES string of the molecule is Cc1cn(Cc2ccc(C(=O)NCc3cccc(C(F)(F)F)c3)cc2)c(=NC(=O)c2ccco2)s1. The summed E-state index contributed by atoms with van der Waals surface area (Å²) >= 11 is 1.37. The lowest BCUT2D eigenvalue weighted by atomic mass is 10.1. The number of hydrogen-bond donors (Lipinski definition) is 1. The first-order chi connectivity index (χ1) is 16.7. The van der Waals surface area contributed by atoms with Crippen LogP contribution in [0.2, 0.25) is 0 Å². The lowest BCUT2D eigenvalue weighted by molar-refractivity contribution is -0.137. The molecule has 0 radical (unpaired) electrons. The van der Waals surface area contributed by atoms with Crippen molar-refractivity contribution in [1.29, 1.82) is 0 Å². The third kappa shape index (κ3) is 6.15. The first kappa shape index (κ1) is 24.2. The van der Waals surface area contributed by atoms with Gasteiger partial charge in [0.2, 0.25) is 0 Å². The van der Waals surface area contributed by atoms with Gasteiger partial charge in [-0.2, -0.15) is 18.2 Å². The normalized spacial score (nSPS) is 12.1. The van der Waals surface area contributed by atoms with Gasteiger partial charge in [-0.1, -0.05) is 24.3 Å². The topological polar surface area (TPSA) is 76.6 Å². The molecule has 6 nitrogen and oxygen atoms in total. The molecule has 2 amide bonds. The number of furan rings is 1. The number of aromatic nitrogens is 1. The minimum absolute atomic E-state index is 0.0247. The Hall–Kier alpha value is -3.92. The number of nitrogens with zero attached hydrogens (tertiary/aromatic N) is 2. The van der Waals surface area contributed by atoms with E-state index in [-0.39, 0.29) is 12.3 Å². The summed E-state index contributed by atoms with van der Waals surface area (Å²) in [5.74, 6) is -0.714. The van der Waals surface area contributed by atoms with Gasteiger partial charge in [0.1, 0.15) is 0 Å². The van der Waals surface area contributed by atoms with Crippen LogP contribution in [0.1, 0.15) is 42.5 Å². The van der Waals surface area contributed by atoms with Crippen molar-refractivity contribution in [3.63, 3.8) is 0 Å². The van der Waals surface area contributed by atoms with Crippen molar-refractivity contribution in [2.75, 3.05) is 0 Å². The first-order valence-electron chi connectivity index (χ1n) is 10.5. The van der Waals surface area contributed by atoms with Crippen molar-refractivity contribution in [3.8, 4) is 0 Å². The zero-order chi connectivity index (χ0) is 25.0. The van der Waals surface area contributed by atoms with E-state index in [0.717, 1.165) is 22.6 Å². The summed E-state index contributed by atoms with van der Waals surface area (Å²) < 4.78 is 45.5. The van der Waals surface area contributed by atoms with E-state index in [0.29, 0.717) is 22.5 Å². The Morgan fingerprint density at radius 3 is 2.51 bits per heavy atom. The number of benzene rings is 2. The molecule has 0 spiro atoms. The highest BCUT2D eigenvalue weighted by molar-refractivity contribution is 7.09. The average Bonchev–Trinajstić information content (AvgIpc) is 3.48. The van der Waals surface area contributed by atoms with Gasteiger partial charge < -0.3 is 14.3 Å². The Bertz CT molecular complexity index is 1400. The molecule has 0 bridgehead atoms. The molecule has 2 heterocycles. The maximum Gasteiger partial charge on any atom is 0.416 e. The molecule has 1 N–H and O–H groups in total. The molecule has 10 heteroatoms. The van der Waals surface area contributed by atoms with E-state index in [1.54, 1.807) is 36.4 Å². The maximum atomic E-state index is 12.9. The van der Waals surface area contributed by atoms with Crippen molar-refractivity contribution in [3.05, 3.63) is 111 Å². The predicted octanol–water partition coefficient (Wildman–Crippen LogP) is 5.19. The Balaban J connectivity index is 1.42. The van der Waals surface area contributed by atoms with Crippen LogP contribution < -0.4 is 10.1 Å². The number of hydrogen-bond acceptors (Lipinski definition) is 4. The Morgan fingerprint density at radius 2 is 1.83 bits per heavy atom. The fourth-order valence-electron chi connectivity index (χ4n) is 3.35. The lowest BCUT2D eigenvalue weighted by Crippen LogP contribution is -2.23. The average molecular weight is 500 g/mol. The second-order valence-corrected chi connectivity index (χ2v) is 8.94. The van der Waals surface area contributed by atoms with Crippen LogP contribution in [0.4, 0.5) is 13.2 Å². The van der Waals surface area contributed by atoms with Crippen molar-refractivity contribution >= 4 is 23.2 Å². The smallest absolute Gasteiger partial charge is 0.416 e. The molecule has 0 atom stereocenters. The van der Waals surface area contributed by atoms with Crippen molar-refractivity contribution in [2.45, 2.75) is 26.2 Å². The number of alkyl halides is 3.